The molecule has 132 valence electrons. The zero-order valence-corrected chi connectivity index (χ0v) is 15.0. The summed E-state index contributed by atoms with van der Waals surface area (Å²) < 4.78 is 0. The average Bonchev–Trinajstić information content (AvgIpc) is 2.69. The van der Waals surface area contributed by atoms with Gasteiger partial charge in [0, 0.05) is 24.4 Å². The zero-order valence-electron chi connectivity index (χ0n) is 14.2. The number of aromatic nitrogens is 2. The van der Waals surface area contributed by atoms with Crippen LogP contribution in [0.25, 0.3) is 10.9 Å². The molecule has 1 N–H and O–H groups in total. The molecule has 0 bridgehead atoms. The highest BCUT2D eigenvalue weighted by atomic mass is 35.5. The van der Waals surface area contributed by atoms with E-state index in [9.17, 15) is 4.79 Å². The first-order valence-electron chi connectivity index (χ1n) is 8.72. The lowest BCUT2D eigenvalue weighted by Gasteiger charge is -2.32. The SMILES string of the molecule is O=C(Nc1ccccc1Cl)C1CCN(c2ncnc3ccccc23)CC1. The second-order valence-electron chi connectivity index (χ2n) is 6.44. The third-order valence-electron chi connectivity index (χ3n) is 4.82. The summed E-state index contributed by atoms with van der Waals surface area (Å²) in [6, 6.07) is 15.3. The Morgan fingerprint density at radius 3 is 2.58 bits per heavy atom. The van der Waals surface area contributed by atoms with E-state index in [-0.39, 0.29) is 11.8 Å². The number of halogens is 1. The lowest BCUT2D eigenvalue weighted by Crippen LogP contribution is -2.38. The number of benzene rings is 2. The average molecular weight is 367 g/mol. The summed E-state index contributed by atoms with van der Waals surface area (Å²) in [5, 5.41) is 4.56. The lowest BCUT2D eigenvalue weighted by atomic mass is 9.95. The van der Waals surface area contributed by atoms with Crippen LogP contribution in [0.1, 0.15) is 12.8 Å². The summed E-state index contributed by atoms with van der Waals surface area (Å²) in [7, 11) is 0. The summed E-state index contributed by atoms with van der Waals surface area (Å²) in [4.78, 5) is 23.6. The molecular formula is C20H19ClN4O. The molecule has 0 atom stereocenters. The van der Waals surface area contributed by atoms with Gasteiger partial charge in [0.1, 0.15) is 12.1 Å². The maximum atomic E-state index is 12.6. The summed E-state index contributed by atoms with van der Waals surface area (Å²) in [6.45, 7) is 1.59. The first kappa shape index (κ1) is 16.8. The molecule has 0 spiro atoms. The second-order valence-corrected chi connectivity index (χ2v) is 6.85. The van der Waals surface area contributed by atoms with Gasteiger partial charge < -0.3 is 10.2 Å². The monoisotopic (exact) mass is 366 g/mol. The Bertz CT molecular complexity index is 933. The van der Waals surface area contributed by atoms with Gasteiger partial charge in [0.25, 0.3) is 0 Å². The van der Waals surface area contributed by atoms with E-state index in [1.807, 2.05) is 42.5 Å². The number of nitrogens with zero attached hydrogens (tertiary/aromatic N) is 3. The summed E-state index contributed by atoms with van der Waals surface area (Å²) in [6.07, 6.45) is 3.18. The molecule has 1 amide bonds. The van der Waals surface area contributed by atoms with Crippen LogP contribution in [-0.2, 0) is 4.79 Å². The third kappa shape index (κ3) is 3.35. The van der Waals surface area contributed by atoms with Gasteiger partial charge in [-0.25, -0.2) is 9.97 Å². The standard InChI is InChI=1S/C20H19ClN4O/c21-16-6-2-4-8-18(16)24-20(26)14-9-11-25(12-10-14)19-15-5-1-3-7-17(15)22-13-23-19/h1-8,13-14H,9-12H2,(H,24,26). The zero-order chi connectivity index (χ0) is 17.9. The summed E-state index contributed by atoms with van der Waals surface area (Å²) in [5.41, 5.74) is 1.61. The predicted molar refractivity (Wildman–Crippen MR) is 105 cm³/mol. The van der Waals surface area contributed by atoms with E-state index in [4.69, 9.17) is 11.6 Å². The van der Waals surface area contributed by atoms with Crippen LogP contribution in [0, 0.1) is 5.92 Å². The fraction of sp³-hybridized carbons (Fsp3) is 0.250. The number of nitrogens with one attached hydrogen (secondary N) is 1. The maximum absolute atomic E-state index is 12.6. The number of carbonyl (C=O) groups is 1. The number of carbonyl (C=O) groups excluding carboxylic acids is 1. The van der Waals surface area contributed by atoms with E-state index >= 15 is 0 Å². The van der Waals surface area contributed by atoms with Gasteiger partial charge in [-0.1, -0.05) is 35.9 Å². The number of piperidine rings is 1. The van der Waals surface area contributed by atoms with Crippen LogP contribution in [-0.4, -0.2) is 29.0 Å². The van der Waals surface area contributed by atoms with E-state index in [0.717, 1.165) is 42.7 Å². The van der Waals surface area contributed by atoms with E-state index in [0.29, 0.717) is 10.7 Å². The molecule has 1 aromatic heterocycles. The minimum Gasteiger partial charge on any atom is -0.356 e. The molecule has 0 unspecified atom stereocenters. The van der Waals surface area contributed by atoms with E-state index in [2.05, 4.69) is 20.2 Å². The molecule has 6 heteroatoms. The van der Waals surface area contributed by atoms with Crippen LogP contribution in [0.15, 0.2) is 54.9 Å². The molecule has 26 heavy (non-hydrogen) atoms. The molecule has 3 aromatic rings. The molecule has 0 radical (unpaired) electrons. The van der Waals surface area contributed by atoms with Crippen molar-refractivity contribution in [3.05, 3.63) is 59.9 Å². The highest BCUT2D eigenvalue weighted by Gasteiger charge is 2.26. The van der Waals surface area contributed by atoms with Crippen molar-refractivity contribution >= 4 is 39.9 Å². The van der Waals surface area contributed by atoms with Crippen LogP contribution in [0.5, 0.6) is 0 Å². The van der Waals surface area contributed by atoms with Crippen LogP contribution in [0.2, 0.25) is 5.02 Å². The fourth-order valence-corrected chi connectivity index (χ4v) is 3.58. The molecule has 1 fully saturated rings. The van der Waals surface area contributed by atoms with E-state index in [1.165, 1.54) is 0 Å². The van der Waals surface area contributed by atoms with Crippen molar-refractivity contribution in [2.45, 2.75) is 12.8 Å². The smallest absolute Gasteiger partial charge is 0.227 e. The van der Waals surface area contributed by atoms with Crippen molar-refractivity contribution in [1.29, 1.82) is 0 Å². The molecule has 0 aliphatic carbocycles. The molecule has 2 aromatic carbocycles. The Morgan fingerprint density at radius 1 is 1.04 bits per heavy atom. The second kappa shape index (κ2) is 7.30. The topological polar surface area (TPSA) is 58.1 Å². The van der Waals surface area contributed by atoms with Gasteiger partial charge >= 0.3 is 0 Å². The molecule has 1 saturated heterocycles. The number of rotatable bonds is 3. The third-order valence-corrected chi connectivity index (χ3v) is 5.15. The number of fused-ring (bicyclic) bond motifs is 1. The highest BCUT2D eigenvalue weighted by molar-refractivity contribution is 6.33. The van der Waals surface area contributed by atoms with Crippen molar-refractivity contribution in [1.82, 2.24) is 9.97 Å². The molecular weight excluding hydrogens is 348 g/mol. The predicted octanol–water partition coefficient (Wildman–Crippen LogP) is 4.14. The Kier molecular flexibility index (Phi) is 4.71. The number of hydrogen-bond acceptors (Lipinski definition) is 4. The first-order chi connectivity index (χ1) is 12.7. The van der Waals surface area contributed by atoms with Gasteiger partial charge in [0.15, 0.2) is 0 Å². The van der Waals surface area contributed by atoms with Crippen LogP contribution < -0.4 is 10.2 Å². The molecule has 1 aliphatic rings. The van der Waals surface area contributed by atoms with Crippen molar-refractivity contribution in [3.63, 3.8) is 0 Å². The van der Waals surface area contributed by atoms with Gasteiger partial charge in [-0.2, -0.15) is 0 Å². The maximum Gasteiger partial charge on any atom is 0.227 e. The van der Waals surface area contributed by atoms with Gasteiger partial charge in [0.2, 0.25) is 5.91 Å². The van der Waals surface area contributed by atoms with Crippen molar-refractivity contribution in [3.8, 4) is 0 Å². The molecule has 4 rings (SSSR count). The molecule has 1 aliphatic heterocycles. The van der Waals surface area contributed by atoms with Crippen molar-refractivity contribution < 1.29 is 4.79 Å². The van der Waals surface area contributed by atoms with Crippen LogP contribution >= 0.6 is 11.6 Å². The lowest BCUT2D eigenvalue weighted by molar-refractivity contribution is -0.120. The fourth-order valence-electron chi connectivity index (χ4n) is 3.39. The Labute approximate surface area is 157 Å². The Balaban J connectivity index is 1.44. The normalized spacial score (nSPS) is 15.2. The highest BCUT2D eigenvalue weighted by Crippen LogP contribution is 2.28. The quantitative estimate of drug-likeness (QED) is 0.756. The Morgan fingerprint density at radius 2 is 1.77 bits per heavy atom. The van der Waals surface area contributed by atoms with Gasteiger partial charge in [-0.3, -0.25) is 4.79 Å². The number of hydrogen-bond donors (Lipinski definition) is 1. The van der Waals surface area contributed by atoms with Crippen molar-refractivity contribution in [2.75, 3.05) is 23.3 Å². The van der Waals surface area contributed by atoms with Crippen molar-refractivity contribution in [2.24, 2.45) is 5.92 Å². The van der Waals surface area contributed by atoms with Crippen LogP contribution in [0.3, 0.4) is 0 Å². The number of amides is 1. The van der Waals surface area contributed by atoms with Crippen LogP contribution in [0.4, 0.5) is 11.5 Å². The largest absolute Gasteiger partial charge is 0.356 e. The Hall–Kier alpha value is -2.66. The van der Waals surface area contributed by atoms with E-state index < -0.39 is 0 Å². The van der Waals surface area contributed by atoms with Gasteiger partial charge in [-0.15, -0.1) is 0 Å². The first-order valence-corrected chi connectivity index (χ1v) is 9.10. The minimum absolute atomic E-state index is 0.0179. The minimum atomic E-state index is -0.0179. The van der Waals surface area contributed by atoms with Gasteiger partial charge in [0.05, 0.1) is 16.2 Å². The van der Waals surface area contributed by atoms with Gasteiger partial charge in [-0.05, 0) is 37.1 Å². The summed E-state index contributed by atoms with van der Waals surface area (Å²) >= 11 is 6.13. The summed E-state index contributed by atoms with van der Waals surface area (Å²) in [5.74, 6) is 0.960. The number of anilines is 2. The van der Waals surface area contributed by atoms with E-state index in [1.54, 1.807) is 12.4 Å². The molecule has 5 nitrogen and oxygen atoms in total. The number of para-hydroxylation sites is 2. The molecule has 2 heterocycles. The molecule has 0 saturated carbocycles.